The second-order valence-corrected chi connectivity index (χ2v) is 6.05. The lowest BCUT2D eigenvalue weighted by molar-refractivity contribution is -0.125. The van der Waals surface area contributed by atoms with Gasteiger partial charge in [-0.2, -0.15) is 0 Å². The van der Waals surface area contributed by atoms with Crippen molar-refractivity contribution in [1.82, 2.24) is 5.32 Å². The first kappa shape index (κ1) is 16.4. The molecule has 0 radical (unpaired) electrons. The van der Waals surface area contributed by atoms with E-state index in [-0.39, 0.29) is 31.0 Å². The van der Waals surface area contributed by atoms with Gasteiger partial charge >= 0.3 is 0 Å². The summed E-state index contributed by atoms with van der Waals surface area (Å²) in [5.74, 6) is 1.39. The summed E-state index contributed by atoms with van der Waals surface area (Å²) in [7, 11) is 0. The zero-order valence-electron chi connectivity index (χ0n) is 13.3. The monoisotopic (exact) mass is 348 g/mol. The Morgan fingerprint density at radius 3 is 2.88 bits per heavy atom. The van der Waals surface area contributed by atoms with Gasteiger partial charge in [-0.25, -0.2) is 0 Å². The molecule has 0 saturated heterocycles. The molecule has 0 unspecified atom stereocenters. The van der Waals surface area contributed by atoms with Gasteiger partial charge in [-0.1, -0.05) is 11.6 Å². The van der Waals surface area contributed by atoms with Gasteiger partial charge in [-0.3, -0.25) is 14.5 Å². The van der Waals surface area contributed by atoms with Gasteiger partial charge in [-0.05, 0) is 44.2 Å². The second kappa shape index (κ2) is 6.57. The minimum Gasteiger partial charge on any atom is -0.482 e. The fourth-order valence-corrected chi connectivity index (χ4v) is 2.70. The number of fused-ring (bicyclic) bond motifs is 1. The van der Waals surface area contributed by atoms with Crippen molar-refractivity contribution in [1.29, 1.82) is 0 Å². The quantitative estimate of drug-likeness (QED) is 0.922. The smallest absolute Gasteiger partial charge is 0.265 e. The molecule has 0 aliphatic carbocycles. The fourth-order valence-electron chi connectivity index (χ4n) is 2.54. The van der Waals surface area contributed by atoms with E-state index in [0.717, 1.165) is 5.76 Å². The standard InChI is InChI=1S/C17H17ClN2O4/c1-10-3-5-14(24-10)11(2)19-16(21)8-20-13-7-12(18)4-6-15(13)23-9-17(20)22/h3-7,11H,8-9H2,1-2H3,(H,19,21)/t11-/m0/s1. The van der Waals surface area contributed by atoms with Crippen LogP contribution in [0.5, 0.6) is 5.75 Å². The van der Waals surface area contributed by atoms with Crippen molar-refractivity contribution < 1.29 is 18.7 Å². The minimum atomic E-state index is -0.294. The number of halogens is 1. The molecule has 2 amide bonds. The summed E-state index contributed by atoms with van der Waals surface area (Å²) in [4.78, 5) is 25.8. The molecule has 1 atom stereocenters. The average Bonchev–Trinajstić information content (AvgIpc) is 2.97. The Kier molecular flexibility index (Phi) is 4.49. The zero-order chi connectivity index (χ0) is 17.3. The van der Waals surface area contributed by atoms with Crippen LogP contribution in [0.4, 0.5) is 5.69 Å². The van der Waals surface area contributed by atoms with Crippen LogP contribution in [-0.4, -0.2) is 25.0 Å². The molecule has 0 fully saturated rings. The first-order valence-corrected chi connectivity index (χ1v) is 7.90. The SMILES string of the molecule is Cc1ccc([C@H](C)NC(=O)CN2C(=O)COc3ccc(Cl)cc32)o1. The van der Waals surface area contributed by atoms with Crippen molar-refractivity contribution in [3.63, 3.8) is 0 Å². The summed E-state index contributed by atoms with van der Waals surface area (Å²) >= 11 is 5.99. The molecule has 0 bridgehead atoms. The van der Waals surface area contributed by atoms with Crippen molar-refractivity contribution in [2.24, 2.45) is 0 Å². The molecule has 0 spiro atoms. The van der Waals surface area contributed by atoms with Crippen LogP contribution in [0.15, 0.2) is 34.7 Å². The van der Waals surface area contributed by atoms with E-state index in [1.807, 2.05) is 26.0 Å². The maximum atomic E-state index is 12.3. The lowest BCUT2D eigenvalue weighted by Crippen LogP contribution is -2.45. The lowest BCUT2D eigenvalue weighted by atomic mass is 10.2. The van der Waals surface area contributed by atoms with E-state index in [9.17, 15) is 9.59 Å². The molecule has 2 aromatic rings. The summed E-state index contributed by atoms with van der Waals surface area (Å²) in [6.45, 7) is 3.45. The third-order valence-electron chi connectivity index (χ3n) is 3.73. The van der Waals surface area contributed by atoms with Crippen molar-refractivity contribution >= 4 is 29.1 Å². The molecule has 1 aliphatic heterocycles. The zero-order valence-corrected chi connectivity index (χ0v) is 14.1. The fraction of sp³-hybridized carbons (Fsp3) is 0.294. The molecule has 1 aromatic carbocycles. The Hall–Kier alpha value is -2.47. The van der Waals surface area contributed by atoms with Crippen LogP contribution in [0, 0.1) is 6.92 Å². The van der Waals surface area contributed by atoms with Crippen LogP contribution >= 0.6 is 11.6 Å². The van der Waals surface area contributed by atoms with Gasteiger partial charge in [-0.15, -0.1) is 0 Å². The molecule has 1 aliphatic rings. The molecule has 126 valence electrons. The van der Waals surface area contributed by atoms with Gasteiger partial charge < -0.3 is 14.5 Å². The second-order valence-electron chi connectivity index (χ2n) is 5.62. The van der Waals surface area contributed by atoms with Crippen molar-refractivity contribution in [2.45, 2.75) is 19.9 Å². The highest BCUT2D eigenvalue weighted by molar-refractivity contribution is 6.31. The summed E-state index contributed by atoms with van der Waals surface area (Å²) in [5.41, 5.74) is 0.496. The van der Waals surface area contributed by atoms with Gasteiger partial charge in [0.25, 0.3) is 5.91 Å². The van der Waals surface area contributed by atoms with E-state index in [0.29, 0.717) is 22.2 Å². The molecule has 6 nitrogen and oxygen atoms in total. The van der Waals surface area contributed by atoms with Gasteiger partial charge in [0.1, 0.15) is 23.8 Å². The highest BCUT2D eigenvalue weighted by Crippen LogP contribution is 2.34. The molecule has 7 heteroatoms. The Bertz CT molecular complexity index is 787. The van der Waals surface area contributed by atoms with Crippen LogP contribution in [0.2, 0.25) is 5.02 Å². The van der Waals surface area contributed by atoms with E-state index in [1.165, 1.54) is 4.90 Å². The van der Waals surface area contributed by atoms with Crippen LogP contribution < -0.4 is 15.0 Å². The minimum absolute atomic E-state index is 0.102. The number of nitrogens with zero attached hydrogens (tertiary/aromatic N) is 1. The summed E-state index contributed by atoms with van der Waals surface area (Å²) in [6, 6.07) is 8.33. The van der Waals surface area contributed by atoms with Gasteiger partial charge in [0.05, 0.1) is 11.7 Å². The predicted molar refractivity (Wildman–Crippen MR) is 89.3 cm³/mol. The molecular formula is C17H17ClN2O4. The number of ether oxygens (including phenoxy) is 1. The van der Waals surface area contributed by atoms with Gasteiger partial charge in [0, 0.05) is 5.02 Å². The Labute approximate surface area is 144 Å². The molecule has 2 heterocycles. The highest BCUT2D eigenvalue weighted by atomic mass is 35.5. The third-order valence-corrected chi connectivity index (χ3v) is 3.97. The molecule has 3 rings (SSSR count). The number of aryl methyl sites for hydroxylation is 1. The predicted octanol–water partition coefficient (Wildman–Crippen LogP) is 2.84. The third kappa shape index (κ3) is 3.38. The Balaban J connectivity index is 1.72. The number of hydrogen-bond donors (Lipinski definition) is 1. The number of carbonyl (C=O) groups is 2. The topological polar surface area (TPSA) is 71.8 Å². The number of amides is 2. The molecule has 1 N–H and O–H groups in total. The van der Waals surface area contributed by atoms with Crippen molar-refractivity contribution in [3.8, 4) is 5.75 Å². The normalized spacial score (nSPS) is 14.8. The first-order valence-electron chi connectivity index (χ1n) is 7.52. The van der Waals surface area contributed by atoms with E-state index in [4.69, 9.17) is 20.8 Å². The number of furan rings is 1. The van der Waals surface area contributed by atoms with Gasteiger partial charge in [0.15, 0.2) is 6.61 Å². The lowest BCUT2D eigenvalue weighted by Gasteiger charge is -2.29. The maximum Gasteiger partial charge on any atom is 0.265 e. The molecule has 1 aromatic heterocycles. The summed E-state index contributed by atoms with van der Waals surface area (Å²) in [6.07, 6.45) is 0. The molecule has 0 saturated carbocycles. The highest BCUT2D eigenvalue weighted by Gasteiger charge is 2.28. The van der Waals surface area contributed by atoms with E-state index in [2.05, 4.69) is 5.32 Å². The number of nitrogens with one attached hydrogen (secondary N) is 1. The summed E-state index contributed by atoms with van der Waals surface area (Å²) < 4.78 is 10.9. The Morgan fingerprint density at radius 2 is 2.17 bits per heavy atom. The largest absolute Gasteiger partial charge is 0.482 e. The number of benzene rings is 1. The van der Waals surface area contributed by atoms with Crippen LogP contribution in [-0.2, 0) is 9.59 Å². The average molecular weight is 349 g/mol. The van der Waals surface area contributed by atoms with Crippen LogP contribution in [0.25, 0.3) is 0 Å². The maximum absolute atomic E-state index is 12.3. The molecular weight excluding hydrogens is 332 g/mol. The first-order chi connectivity index (χ1) is 11.4. The Morgan fingerprint density at radius 1 is 1.38 bits per heavy atom. The van der Waals surface area contributed by atoms with Crippen molar-refractivity contribution in [3.05, 3.63) is 46.9 Å². The van der Waals surface area contributed by atoms with Crippen LogP contribution in [0.3, 0.4) is 0 Å². The number of carbonyl (C=O) groups excluding carboxylic acids is 2. The van der Waals surface area contributed by atoms with Crippen LogP contribution in [0.1, 0.15) is 24.5 Å². The number of anilines is 1. The van der Waals surface area contributed by atoms with E-state index >= 15 is 0 Å². The summed E-state index contributed by atoms with van der Waals surface area (Å²) in [5, 5.41) is 3.29. The van der Waals surface area contributed by atoms with Crippen molar-refractivity contribution in [2.75, 3.05) is 18.1 Å². The van der Waals surface area contributed by atoms with E-state index in [1.54, 1.807) is 18.2 Å². The van der Waals surface area contributed by atoms with Gasteiger partial charge in [0.2, 0.25) is 5.91 Å². The molecule has 24 heavy (non-hydrogen) atoms. The number of hydrogen-bond acceptors (Lipinski definition) is 4. The number of rotatable bonds is 4. The van der Waals surface area contributed by atoms with E-state index < -0.39 is 0 Å².